The van der Waals surface area contributed by atoms with Crippen molar-refractivity contribution in [3.05, 3.63) is 52.9 Å². The number of aryl methyl sites for hydroxylation is 1. The average molecular weight is 370 g/mol. The van der Waals surface area contributed by atoms with Gasteiger partial charge >= 0.3 is 11.9 Å². The van der Waals surface area contributed by atoms with Gasteiger partial charge in [-0.15, -0.1) is 0 Å². The van der Waals surface area contributed by atoms with Gasteiger partial charge in [-0.25, -0.2) is 20.0 Å². The maximum absolute atomic E-state index is 12.1. The first-order valence-corrected chi connectivity index (χ1v) is 8.31. The van der Waals surface area contributed by atoms with Crippen LogP contribution in [0.5, 0.6) is 0 Å². The van der Waals surface area contributed by atoms with Crippen LogP contribution in [0.3, 0.4) is 0 Å². The molecule has 27 heavy (non-hydrogen) atoms. The Labute approximate surface area is 157 Å². The lowest BCUT2D eigenvalue weighted by atomic mass is 10.1. The molecule has 8 nitrogen and oxygen atoms in total. The van der Waals surface area contributed by atoms with Crippen LogP contribution in [0.4, 0.5) is 5.69 Å². The van der Waals surface area contributed by atoms with E-state index in [-0.39, 0.29) is 12.2 Å². The number of rotatable bonds is 5. The molecule has 0 aliphatic carbocycles. The molecule has 0 bridgehead atoms. The summed E-state index contributed by atoms with van der Waals surface area (Å²) in [6, 6.07) is 4.67. The van der Waals surface area contributed by atoms with Crippen molar-refractivity contribution in [3.8, 4) is 0 Å². The van der Waals surface area contributed by atoms with Crippen LogP contribution in [0.2, 0.25) is 0 Å². The molecular formula is C19H22N4O4. The van der Waals surface area contributed by atoms with E-state index < -0.39 is 11.9 Å². The Balaban J connectivity index is 2.53. The van der Waals surface area contributed by atoms with E-state index >= 15 is 0 Å². The molecule has 0 spiro atoms. The van der Waals surface area contributed by atoms with Crippen molar-refractivity contribution in [2.24, 2.45) is 10.1 Å². The van der Waals surface area contributed by atoms with E-state index in [0.29, 0.717) is 28.6 Å². The van der Waals surface area contributed by atoms with Gasteiger partial charge in [0.05, 0.1) is 35.3 Å². The van der Waals surface area contributed by atoms with Gasteiger partial charge < -0.3 is 9.84 Å². The number of hydrogen-bond donors (Lipinski definition) is 2. The summed E-state index contributed by atoms with van der Waals surface area (Å²) < 4.78 is 5.05. The van der Waals surface area contributed by atoms with Crippen LogP contribution >= 0.6 is 0 Å². The Morgan fingerprint density at radius 1 is 1.37 bits per heavy atom. The zero-order valence-corrected chi connectivity index (χ0v) is 15.7. The number of benzene rings is 1. The first-order chi connectivity index (χ1) is 12.8. The summed E-state index contributed by atoms with van der Waals surface area (Å²) in [4.78, 5) is 29.5. The summed E-state index contributed by atoms with van der Waals surface area (Å²) in [5.74, 6) is -1.18. The van der Waals surface area contributed by atoms with Crippen LogP contribution in [0.15, 0.2) is 51.8 Å². The molecule has 2 N–H and O–H groups in total. The average Bonchev–Trinajstić information content (AvgIpc) is 2.62. The highest BCUT2D eigenvalue weighted by Gasteiger charge is 2.23. The first kappa shape index (κ1) is 19.9. The third-order valence-electron chi connectivity index (χ3n) is 4.02. The fourth-order valence-electron chi connectivity index (χ4n) is 2.39. The molecule has 142 valence electrons. The summed E-state index contributed by atoms with van der Waals surface area (Å²) in [6.07, 6.45) is 1.50. The SMILES string of the molecule is C=C1C=NNC(=Nc2cc(C(=O)O)ccc2C)N1/C(C)=C(\C)C(=O)OCC. The van der Waals surface area contributed by atoms with Crippen molar-refractivity contribution in [2.45, 2.75) is 27.7 Å². The number of carboxylic acid groups (broad SMARTS) is 1. The Morgan fingerprint density at radius 2 is 2.07 bits per heavy atom. The lowest BCUT2D eigenvalue weighted by Crippen LogP contribution is -2.41. The van der Waals surface area contributed by atoms with Gasteiger partial charge in [-0.2, -0.15) is 5.10 Å². The maximum atomic E-state index is 12.1. The van der Waals surface area contributed by atoms with Gasteiger partial charge in [0, 0.05) is 5.70 Å². The minimum absolute atomic E-state index is 0.125. The van der Waals surface area contributed by atoms with Crippen molar-refractivity contribution in [2.75, 3.05) is 6.61 Å². The highest BCUT2D eigenvalue weighted by atomic mass is 16.5. The zero-order chi connectivity index (χ0) is 20.1. The second kappa shape index (κ2) is 8.31. The van der Waals surface area contributed by atoms with Gasteiger partial charge in [0.2, 0.25) is 5.96 Å². The molecule has 1 aliphatic heterocycles. The quantitative estimate of drug-likeness (QED) is 0.610. The van der Waals surface area contributed by atoms with E-state index in [4.69, 9.17) is 4.74 Å². The number of carbonyl (C=O) groups is 2. The molecule has 0 radical (unpaired) electrons. The number of ether oxygens (including phenoxy) is 1. The molecule has 0 fully saturated rings. The van der Waals surface area contributed by atoms with E-state index in [1.54, 1.807) is 31.7 Å². The third-order valence-corrected chi connectivity index (χ3v) is 4.02. The Morgan fingerprint density at radius 3 is 2.70 bits per heavy atom. The van der Waals surface area contributed by atoms with Crippen molar-refractivity contribution < 1.29 is 19.4 Å². The number of hydrogen-bond acceptors (Lipinski definition) is 5. The Bertz CT molecular complexity index is 884. The highest BCUT2D eigenvalue weighted by Crippen LogP contribution is 2.24. The van der Waals surface area contributed by atoms with Crippen LogP contribution in [0, 0.1) is 6.92 Å². The lowest BCUT2D eigenvalue weighted by molar-refractivity contribution is -0.138. The third kappa shape index (κ3) is 4.41. The minimum atomic E-state index is -1.04. The number of esters is 1. The normalized spacial score (nSPS) is 16.1. The van der Waals surface area contributed by atoms with Gasteiger partial charge in [0.1, 0.15) is 0 Å². The highest BCUT2D eigenvalue weighted by molar-refractivity contribution is 5.98. The molecule has 1 heterocycles. The number of hydrazone groups is 1. The van der Waals surface area contributed by atoms with Crippen LogP contribution < -0.4 is 5.43 Å². The number of carbonyl (C=O) groups excluding carboxylic acids is 1. The summed E-state index contributed by atoms with van der Waals surface area (Å²) in [6.45, 7) is 11.2. The molecule has 0 aromatic heterocycles. The summed E-state index contributed by atoms with van der Waals surface area (Å²) in [5, 5.41) is 13.2. The van der Waals surface area contributed by atoms with Crippen molar-refractivity contribution >= 4 is 29.8 Å². The second-order valence-electron chi connectivity index (χ2n) is 5.87. The molecule has 1 aromatic rings. The zero-order valence-electron chi connectivity index (χ0n) is 15.7. The number of carboxylic acids is 1. The summed E-state index contributed by atoms with van der Waals surface area (Å²) in [5.41, 5.74) is 5.64. The van der Waals surface area contributed by atoms with Crippen molar-refractivity contribution in [1.29, 1.82) is 0 Å². The van der Waals surface area contributed by atoms with Gasteiger partial charge in [0.15, 0.2) is 0 Å². The van der Waals surface area contributed by atoms with E-state index in [0.717, 1.165) is 5.56 Å². The standard InChI is InChI=1S/C19H22N4O4/c1-6-27-18(26)13(4)14(5)23-12(3)10-20-22-19(23)21-16-9-15(17(24)25)8-7-11(16)2/h7-10H,3,6H2,1-2,4-5H3,(H,21,22)(H,24,25)/b14-13+. The van der Waals surface area contributed by atoms with E-state index in [1.165, 1.54) is 18.3 Å². The van der Waals surface area contributed by atoms with E-state index in [9.17, 15) is 14.7 Å². The molecule has 8 heteroatoms. The molecule has 2 rings (SSSR count). The molecule has 0 amide bonds. The number of nitrogens with zero attached hydrogens (tertiary/aromatic N) is 3. The molecule has 1 aliphatic rings. The number of aliphatic imine (C=N–C) groups is 1. The van der Waals surface area contributed by atoms with Gasteiger partial charge in [-0.05, 0) is 45.4 Å². The number of aromatic carboxylic acids is 1. The number of allylic oxidation sites excluding steroid dienone is 2. The van der Waals surface area contributed by atoms with E-state index in [2.05, 4.69) is 22.1 Å². The molecule has 0 saturated carbocycles. The Kier molecular flexibility index (Phi) is 6.12. The van der Waals surface area contributed by atoms with Gasteiger partial charge in [-0.1, -0.05) is 12.6 Å². The topological polar surface area (TPSA) is 104 Å². The number of nitrogens with one attached hydrogen (secondary N) is 1. The smallest absolute Gasteiger partial charge is 0.335 e. The van der Waals surface area contributed by atoms with Crippen LogP contribution in [-0.2, 0) is 9.53 Å². The fourth-order valence-corrected chi connectivity index (χ4v) is 2.39. The van der Waals surface area contributed by atoms with Crippen LogP contribution in [-0.4, -0.2) is 40.7 Å². The van der Waals surface area contributed by atoms with Crippen molar-refractivity contribution in [3.63, 3.8) is 0 Å². The number of guanidine groups is 1. The molecular weight excluding hydrogens is 348 g/mol. The monoisotopic (exact) mass is 370 g/mol. The Hall–Kier alpha value is -3.42. The van der Waals surface area contributed by atoms with Gasteiger partial charge in [0.25, 0.3) is 0 Å². The van der Waals surface area contributed by atoms with Gasteiger partial charge in [-0.3, -0.25) is 4.90 Å². The lowest BCUT2D eigenvalue weighted by Gasteiger charge is -2.30. The second-order valence-corrected chi connectivity index (χ2v) is 5.87. The van der Waals surface area contributed by atoms with Crippen molar-refractivity contribution in [1.82, 2.24) is 10.3 Å². The maximum Gasteiger partial charge on any atom is 0.335 e. The predicted octanol–water partition coefficient (Wildman–Crippen LogP) is 2.94. The molecule has 1 aromatic carbocycles. The molecule has 0 atom stereocenters. The first-order valence-electron chi connectivity index (χ1n) is 8.31. The summed E-state index contributed by atoms with van der Waals surface area (Å²) in [7, 11) is 0. The minimum Gasteiger partial charge on any atom is -0.478 e. The predicted molar refractivity (Wildman–Crippen MR) is 103 cm³/mol. The fraction of sp³-hybridized carbons (Fsp3) is 0.263. The summed E-state index contributed by atoms with van der Waals surface area (Å²) >= 11 is 0. The van der Waals surface area contributed by atoms with E-state index in [1.807, 2.05) is 6.92 Å². The van der Waals surface area contributed by atoms with Crippen LogP contribution in [0.1, 0.15) is 36.7 Å². The largest absolute Gasteiger partial charge is 0.478 e. The van der Waals surface area contributed by atoms with Crippen LogP contribution in [0.25, 0.3) is 0 Å². The molecule has 0 unspecified atom stereocenters. The molecule has 0 saturated heterocycles.